The molecule has 1 fully saturated rings. The van der Waals surface area contributed by atoms with E-state index in [1.165, 1.54) is 7.11 Å². The van der Waals surface area contributed by atoms with E-state index in [1.54, 1.807) is 37.8 Å². The lowest BCUT2D eigenvalue weighted by Crippen LogP contribution is -2.44. The molecule has 3 atom stereocenters. The van der Waals surface area contributed by atoms with Gasteiger partial charge in [0, 0.05) is 18.5 Å². The Bertz CT molecular complexity index is 931. The zero-order chi connectivity index (χ0) is 24.6. The van der Waals surface area contributed by atoms with Gasteiger partial charge < -0.3 is 29.0 Å². The Labute approximate surface area is 195 Å². The molecule has 2 aliphatic rings. The fraction of sp³-hybridized carbons (Fsp3) is 0.600. The summed E-state index contributed by atoms with van der Waals surface area (Å²) in [4.78, 5) is 27.4. The largest absolute Gasteiger partial charge is 0.493 e. The summed E-state index contributed by atoms with van der Waals surface area (Å²) in [6.07, 6.45) is 3.95. The van der Waals surface area contributed by atoms with Gasteiger partial charge in [-0.05, 0) is 57.2 Å². The monoisotopic (exact) mass is 461 g/mol. The van der Waals surface area contributed by atoms with Crippen molar-refractivity contribution in [3.63, 3.8) is 0 Å². The molecule has 2 heterocycles. The summed E-state index contributed by atoms with van der Waals surface area (Å²) < 4.78 is 22.2. The highest BCUT2D eigenvalue weighted by molar-refractivity contribution is 5.77. The topological polar surface area (TPSA) is 94.5 Å². The van der Waals surface area contributed by atoms with Crippen LogP contribution in [-0.4, -0.2) is 54.2 Å². The maximum atomic E-state index is 13.2. The van der Waals surface area contributed by atoms with Gasteiger partial charge in [-0.15, -0.1) is 0 Å². The fourth-order valence-corrected chi connectivity index (χ4v) is 4.76. The Hall–Kier alpha value is -2.90. The van der Waals surface area contributed by atoms with Crippen molar-refractivity contribution in [1.29, 1.82) is 0 Å². The summed E-state index contributed by atoms with van der Waals surface area (Å²) in [5, 5.41) is 10.3. The van der Waals surface area contributed by atoms with E-state index in [1.807, 2.05) is 32.9 Å². The Morgan fingerprint density at radius 3 is 2.48 bits per heavy atom. The molecule has 0 saturated carbocycles. The van der Waals surface area contributed by atoms with Gasteiger partial charge >= 0.3 is 12.1 Å². The number of amides is 1. The number of carboxylic acid groups (broad SMARTS) is 1. The minimum atomic E-state index is -0.955. The second kappa shape index (κ2) is 9.15. The normalized spacial score (nSPS) is 22.6. The molecule has 8 heteroatoms. The number of carbonyl (C=O) groups is 2. The summed E-state index contributed by atoms with van der Waals surface area (Å²) >= 11 is 0. The molecule has 1 aromatic carbocycles. The first-order valence-corrected chi connectivity index (χ1v) is 11.2. The molecule has 0 radical (unpaired) electrons. The summed E-state index contributed by atoms with van der Waals surface area (Å²) in [7, 11) is 1.53. The minimum Gasteiger partial charge on any atom is -0.493 e. The first kappa shape index (κ1) is 24.7. The molecule has 1 amide bonds. The lowest BCUT2D eigenvalue weighted by Gasteiger charge is -2.34. The zero-order valence-electron chi connectivity index (χ0n) is 20.5. The molecule has 1 saturated heterocycles. The molecule has 1 aromatic rings. The van der Waals surface area contributed by atoms with Crippen LogP contribution in [0.1, 0.15) is 59.4 Å². The van der Waals surface area contributed by atoms with Gasteiger partial charge in [0.2, 0.25) is 12.5 Å². The van der Waals surface area contributed by atoms with Crippen LogP contribution in [0.2, 0.25) is 0 Å². The molecule has 0 bridgehead atoms. The number of nitrogens with zero attached hydrogens (tertiary/aromatic N) is 1. The number of carbonyl (C=O) groups excluding carboxylic acids is 1. The van der Waals surface area contributed by atoms with Gasteiger partial charge in [0.25, 0.3) is 0 Å². The molecule has 8 nitrogen and oxygen atoms in total. The number of hydrogen-bond acceptors (Lipinski definition) is 6. The maximum absolute atomic E-state index is 13.2. The Morgan fingerprint density at radius 2 is 1.91 bits per heavy atom. The van der Waals surface area contributed by atoms with Gasteiger partial charge in [-0.2, -0.15) is 0 Å². The second-order valence-electron chi connectivity index (χ2n) is 10.3. The van der Waals surface area contributed by atoms with Crippen LogP contribution in [0.5, 0.6) is 17.2 Å². The van der Waals surface area contributed by atoms with Crippen LogP contribution in [-0.2, 0) is 9.53 Å². The SMILES string of the molecule is C/C=C/C(C)(C)C[C@H]1[C@H](C(=O)O)[C@@H](c2cc(OC)c3c(c2)OCO3)CN1C(=O)OC(C)(C)C. The van der Waals surface area contributed by atoms with Crippen molar-refractivity contribution in [2.75, 3.05) is 20.4 Å². The van der Waals surface area contributed by atoms with E-state index >= 15 is 0 Å². The van der Waals surface area contributed by atoms with Crippen LogP contribution in [0.4, 0.5) is 4.79 Å². The average Bonchev–Trinajstić information content (AvgIpc) is 3.29. The molecule has 2 aliphatic heterocycles. The van der Waals surface area contributed by atoms with Crippen molar-refractivity contribution >= 4 is 12.1 Å². The van der Waals surface area contributed by atoms with E-state index in [-0.39, 0.29) is 18.8 Å². The van der Waals surface area contributed by atoms with Gasteiger partial charge in [-0.25, -0.2) is 4.79 Å². The third kappa shape index (κ3) is 5.37. The summed E-state index contributed by atoms with van der Waals surface area (Å²) in [6, 6.07) is 3.02. The van der Waals surface area contributed by atoms with E-state index in [0.717, 1.165) is 5.56 Å². The maximum Gasteiger partial charge on any atom is 0.410 e. The van der Waals surface area contributed by atoms with Crippen molar-refractivity contribution in [1.82, 2.24) is 4.90 Å². The number of rotatable bonds is 6. The van der Waals surface area contributed by atoms with Crippen LogP contribution in [0.15, 0.2) is 24.3 Å². The number of aliphatic carboxylic acids is 1. The van der Waals surface area contributed by atoms with Crippen molar-refractivity contribution in [3.8, 4) is 17.2 Å². The van der Waals surface area contributed by atoms with Crippen molar-refractivity contribution < 1.29 is 33.6 Å². The smallest absolute Gasteiger partial charge is 0.410 e. The summed E-state index contributed by atoms with van der Waals surface area (Å²) in [5.41, 5.74) is -0.280. The zero-order valence-corrected chi connectivity index (χ0v) is 20.5. The van der Waals surface area contributed by atoms with Gasteiger partial charge in [-0.1, -0.05) is 26.0 Å². The molecule has 0 aromatic heterocycles. The van der Waals surface area contributed by atoms with E-state index in [0.29, 0.717) is 23.7 Å². The number of allylic oxidation sites excluding steroid dienone is 2. The lowest BCUT2D eigenvalue weighted by molar-refractivity contribution is -0.143. The first-order valence-electron chi connectivity index (χ1n) is 11.2. The van der Waals surface area contributed by atoms with Gasteiger partial charge in [0.15, 0.2) is 11.5 Å². The van der Waals surface area contributed by atoms with Crippen molar-refractivity contribution in [2.45, 2.75) is 65.5 Å². The van der Waals surface area contributed by atoms with Crippen molar-refractivity contribution in [3.05, 3.63) is 29.8 Å². The van der Waals surface area contributed by atoms with Crippen LogP contribution < -0.4 is 14.2 Å². The van der Waals surface area contributed by atoms with Crippen LogP contribution in [0, 0.1) is 11.3 Å². The molecule has 1 N–H and O–H groups in total. The number of ether oxygens (including phenoxy) is 4. The molecule has 0 spiro atoms. The number of hydrogen-bond donors (Lipinski definition) is 1. The molecule has 0 unspecified atom stereocenters. The predicted octanol–water partition coefficient (Wildman–Crippen LogP) is 4.82. The fourth-order valence-electron chi connectivity index (χ4n) is 4.76. The van der Waals surface area contributed by atoms with Crippen LogP contribution >= 0.6 is 0 Å². The van der Waals surface area contributed by atoms with E-state index in [4.69, 9.17) is 18.9 Å². The number of likely N-dealkylation sites (tertiary alicyclic amines) is 1. The highest BCUT2D eigenvalue weighted by atomic mass is 16.7. The third-order valence-electron chi connectivity index (χ3n) is 6.02. The van der Waals surface area contributed by atoms with E-state index in [9.17, 15) is 14.7 Å². The van der Waals surface area contributed by atoms with Gasteiger partial charge in [0.05, 0.1) is 13.0 Å². The molecule has 3 rings (SSSR count). The molecule has 33 heavy (non-hydrogen) atoms. The predicted molar refractivity (Wildman–Crippen MR) is 123 cm³/mol. The Balaban J connectivity index is 2.06. The summed E-state index contributed by atoms with van der Waals surface area (Å²) in [6.45, 7) is 11.7. The molecule has 0 aliphatic carbocycles. The number of fused-ring (bicyclic) bond motifs is 1. The van der Waals surface area contributed by atoms with Gasteiger partial charge in [-0.3, -0.25) is 4.79 Å². The van der Waals surface area contributed by atoms with Crippen molar-refractivity contribution in [2.24, 2.45) is 11.3 Å². The first-order chi connectivity index (χ1) is 15.4. The second-order valence-corrected chi connectivity index (χ2v) is 10.3. The van der Waals surface area contributed by atoms with E-state index in [2.05, 4.69) is 0 Å². The lowest BCUT2D eigenvalue weighted by atomic mass is 9.77. The third-order valence-corrected chi connectivity index (χ3v) is 6.02. The Kier molecular flexibility index (Phi) is 6.86. The quantitative estimate of drug-likeness (QED) is 0.607. The summed E-state index contributed by atoms with van der Waals surface area (Å²) in [5.74, 6) is -0.762. The van der Waals surface area contributed by atoms with E-state index < -0.39 is 35.5 Å². The average molecular weight is 462 g/mol. The Morgan fingerprint density at radius 1 is 1.21 bits per heavy atom. The van der Waals surface area contributed by atoms with Crippen LogP contribution in [0.3, 0.4) is 0 Å². The number of methoxy groups -OCH3 is 1. The minimum absolute atomic E-state index is 0.0758. The number of carboxylic acids is 1. The molecular formula is C25H35NO7. The standard InChI is InChI=1S/C25H35NO7/c1-8-9-25(5,6)12-17-20(22(27)28)16(13-26(17)23(29)33-24(2,3)4)15-10-18(30-7)21-19(11-15)31-14-32-21/h8-11,16-17,20H,12-14H2,1-7H3,(H,27,28)/b9-8+/t16-,17+,20-/m1/s1. The molecule has 182 valence electrons. The van der Waals surface area contributed by atoms with Crippen LogP contribution in [0.25, 0.3) is 0 Å². The highest BCUT2D eigenvalue weighted by Crippen LogP contribution is 2.48. The van der Waals surface area contributed by atoms with Gasteiger partial charge in [0.1, 0.15) is 5.60 Å². The molecular weight excluding hydrogens is 426 g/mol. The number of benzene rings is 1. The highest BCUT2D eigenvalue weighted by Gasteiger charge is 2.51.